The van der Waals surface area contributed by atoms with Crippen molar-refractivity contribution in [2.45, 2.75) is 46.6 Å². The maximum Gasteiger partial charge on any atom is 0.290 e. The summed E-state index contributed by atoms with van der Waals surface area (Å²) in [6.45, 7) is 8.51. The van der Waals surface area contributed by atoms with E-state index in [4.69, 9.17) is 4.74 Å². The number of aliphatic hydroxyl groups is 1. The number of thiazole rings is 1. The molecule has 0 aliphatic carbocycles. The van der Waals surface area contributed by atoms with Gasteiger partial charge in [0, 0.05) is 6.54 Å². The van der Waals surface area contributed by atoms with Crippen LogP contribution in [-0.4, -0.2) is 39.8 Å². The number of aromatic nitrogens is 1. The Kier molecular flexibility index (Phi) is 6.37. The van der Waals surface area contributed by atoms with Crippen molar-refractivity contribution in [1.29, 1.82) is 0 Å². The summed E-state index contributed by atoms with van der Waals surface area (Å²) in [5, 5.41) is 11.5. The fourth-order valence-corrected chi connectivity index (χ4v) is 4.47. The number of carbonyl (C=O) groups excluding carboxylic acids is 2. The zero-order valence-electron chi connectivity index (χ0n) is 17.2. The predicted molar refractivity (Wildman–Crippen MR) is 113 cm³/mol. The highest BCUT2D eigenvalue weighted by Gasteiger charge is 2.44. The summed E-state index contributed by atoms with van der Waals surface area (Å²) in [6, 6.07) is 6.71. The van der Waals surface area contributed by atoms with E-state index in [0.717, 1.165) is 23.4 Å². The van der Waals surface area contributed by atoms with Gasteiger partial charge in [0.1, 0.15) is 5.75 Å². The van der Waals surface area contributed by atoms with Crippen molar-refractivity contribution < 1.29 is 19.4 Å². The number of ether oxygens (including phenoxy) is 1. The van der Waals surface area contributed by atoms with Crippen LogP contribution in [0, 0.1) is 13.8 Å². The lowest BCUT2D eigenvalue weighted by molar-refractivity contribution is -0.129. The van der Waals surface area contributed by atoms with Gasteiger partial charge in [-0.1, -0.05) is 25.5 Å². The molecule has 1 atom stereocenters. The molecule has 0 saturated carbocycles. The number of rotatable bonds is 8. The summed E-state index contributed by atoms with van der Waals surface area (Å²) in [7, 11) is 0. The fraction of sp³-hybridized carbons (Fsp3) is 0.409. The van der Waals surface area contributed by atoms with Crippen molar-refractivity contribution in [3.8, 4) is 5.75 Å². The van der Waals surface area contributed by atoms with E-state index in [1.165, 1.54) is 11.3 Å². The maximum atomic E-state index is 13.4. The first kappa shape index (κ1) is 21.0. The van der Waals surface area contributed by atoms with Gasteiger partial charge < -0.3 is 14.7 Å². The van der Waals surface area contributed by atoms with Gasteiger partial charge in [-0.2, -0.15) is 0 Å². The number of aliphatic hydroxyl groups excluding tert-OH is 1. The molecule has 1 unspecified atom stereocenters. The lowest BCUT2D eigenvalue weighted by Crippen LogP contribution is -2.32. The standard InChI is InChI=1S/C22H26N2O4S/c1-5-7-11-24-18(15-9-8-10-16(12-15)28-6-2)17(20(26)22(24)27)19(25)21-13(3)23-14(4)29-21/h8-10,12,18,26H,5-7,11H2,1-4H3. The monoisotopic (exact) mass is 414 g/mol. The Labute approximate surface area is 174 Å². The number of hydrogen-bond acceptors (Lipinski definition) is 6. The lowest BCUT2D eigenvalue weighted by Gasteiger charge is -2.27. The van der Waals surface area contributed by atoms with Crippen LogP contribution >= 0.6 is 11.3 Å². The van der Waals surface area contributed by atoms with Crippen molar-refractivity contribution in [1.82, 2.24) is 9.88 Å². The highest BCUT2D eigenvalue weighted by Crippen LogP contribution is 2.41. The number of aryl methyl sites for hydroxylation is 2. The molecule has 1 aromatic carbocycles. The Bertz CT molecular complexity index is 963. The Hall–Kier alpha value is -2.67. The largest absolute Gasteiger partial charge is 0.503 e. The van der Waals surface area contributed by atoms with Crippen LogP contribution in [0.15, 0.2) is 35.6 Å². The molecular formula is C22H26N2O4S. The van der Waals surface area contributed by atoms with Gasteiger partial charge in [0.25, 0.3) is 5.91 Å². The van der Waals surface area contributed by atoms with Crippen molar-refractivity contribution >= 4 is 23.0 Å². The SMILES string of the molecule is CCCCN1C(=O)C(O)=C(C(=O)c2sc(C)nc2C)C1c1cccc(OCC)c1. The molecule has 0 saturated heterocycles. The molecule has 1 aliphatic heterocycles. The smallest absolute Gasteiger partial charge is 0.290 e. The molecule has 0 spiro atoms. The van der Waals surface area contributed by atoms with E-state index in [-0.39, 0.29) is 11.4 Å². The molecule has 1 amide bonds. The molecule has 0 fully saturated rings. The molecule has 2 heterocycles. The second-order valence-electron chi connectivity index (χ2n) is 7.00. The molecule has 0 radical (unpaired) electrons. The van der Waals surface area contributed by atoms with Crippen LogP contribution in [0.4, 0.5) is 0 Å². The predicted octanol–water partition coefficient (Wildman–Crippen LogP) is 4.54. The van der Waals surface area contributed by atoms with Crippen molar-refractivity contribution in [2.24, 2.45) is 0 Å². The van der Waals surface area contributed by atoms with Gasteiger partial charge in [-0.15, -0.1) is 11.3 Å². The number of amides is 1. The normalized spacial score (nSPS) is 16.6. The molecule has 29 heavy (non-hydrogen) atoms. The summed E-state index contributed by atoms with van der Waals surface area (Å²) in [4.78, 5) is 32.6. The lowest BCUT2D eigenvalue weighted by atomic mass is 9.94. The number of nitrogens with zero attached hydrogens (tertiary/aromatic N) is 2. The summed E-state index contributed by atoms with van der Waals surface area (Å²) < 4.78 is 5.60. The zero-order chi connectivity index (χ0) is 21.1. The van der Waals surface area contributed by atoms with Gasteiger partial charge in [-0.25, -0.2) is 4.98 Å². The molecule has 6 nitrogen and oxygen atoms in total. The first-order chi connectivity index (χ1) is 13.9. The summed E-state index contributed by atoms with van der Waals surface area (Å²) in [6.07, 6.45) is 1.67. The Morgan fingerprint density at radius 3 is 2.69 bits per heavy atom. The second-order valence-corrected chi connectivity index (χ2v) is 8.20. The number of carbonyl (C=O) groups is 2. The number of benzene rings is 1. The van der Waals surface area contributed by atoms with Crippen molar-refractivity contribution in [2.75, 3.05) is 13.2 Å². The molecule has 0 bridgehead atoms. The van der Waals surface area contributed by atoms with Crippen LogP contribution in [0.5, 0.6) is 5.75 Å². The molecule has 1 aliphatic rings. The molecule has 7 heteroatoms. The van der Waals surface area contributed by atoms with E-state index >= 15 is 0 Å². The van der Waals surface area contributed by atoms with Gasteiger partial charge in [-0.3, -0.25) is 9.59 Å². The van der Waals surface area contributed by atoms with E-state index in [1.54, 1.807) is 11.8 Å². The first-order valence-corrected chi connectivity index (χ1v) is 10.7. The second kappa shape index (κ2) is 8.78. The molecule has 1 N–H and O–H groups in total. The van der Waals surface area contributed by atoms with Crippen LogP contribution < -0.4 is 4.74 Å². The minimum absolute atomic E-state index is 0.117. The third kappa shape index (κ3) is 4.05. The van der Waals surface area contributed by atoms with E-state index in [2.05, 4.69) is 4.98 Å². The van der Waals surface area contributed by atoms with Gasteiger partial charge in [0.15, 0.2) is 5.76 Å². The quantitative estimate of drug-likeness (QED) is 0.642. The number of unbranched alkanes of at least 4 members (excludes halogenated alkanes) is 1. The van der Waals surface area contributed by atoms with Gasteiger partial charge >= 0.3 is 0 Å². The average molecular weight is 415 g/mol. The zero-order valence-corrected chi connectivity index (χ0v) is 18.0. The van der Waals surface area contributed by atoms with E-state index < -0.39 is 17.7 Å². The molecule has 3 rings (SSSR count). The molecule has 154 valence electrons. The van der Waals surface area contributed by atoms with Crippen LogP contribution in [0.1, 0.15) is 58.7 Å². The van der Waals surface area contributed by atoms with Gasteiger partial charge in [-0.05, 0) is 44.9 Å². The fourth-order valence-electron chi connectivity index (χ4n) is 3.60. The Morgan fingerprint density at radius 1 is 1.31 bits per heavy atom. The van der Waals surface area contributed by atoms with Crippen LogP contribution in [0.3, 0.4) is 0 Å². The van der Waals surface area contributed by atoms with Crippen LogP contribution in [-0.2, 0) is 4.79 Å². The molecule has 2 aromatic rings. The van der Waals surface area contributed by atoms with E-state index in [1.807, 2.05) is 45.0 Å². The topological polar surface area (TPSA) is 79.7 Å². The summed E-state index contributed by atoms with van der Waals surface area (Å²) in [5.41, 5.74) is 1.47. The highest BCUT2D eigenvalue weighted by molar-refractivity contribution is 7.14. The van der Waals surface area contributed by atoms with E-state index in [0.29, 0.717) is 29.5 Å². The Balaban J connectivity index is 2.10. The maximum absolute atomic E-state index is 13.4. The number of Topliss-reactive ketones (excluding diaryl/α,β-unsaturated/α-hetero) is 1. The number of ketones is 1. The van der Waals surface area contributed by atoms with Crippen LogP contribution in [0.2, 0.25) is 0 Å². The minimum atomic E-state index is -0.649. The summed E-state index contributed by atoms with van der Waals surface area (Å²) >= 11 is 1.28. The third-order valence-electron chi connectivity index (χ3n) is 4.90. The van der Waals surface area contributed by atoms with Crippen molar-refractivity contribution in [3.05, 3.63) is 56.7 Å². The molecular weight excluding hydrogens is 388 g/mol. The summed E-state index contributed by atoms with van der Waals surface area (Å²) in [5.74, 6) is -0.656. The third-order valence-corrected chi connectivity index (χ3v) is 5.97. The van der Waals surface area contributed by atoms with E-state index in [9.17, 15) is 14.7 Å². The van der Waals surface area contributed by atoms with Gasteiger partial charge in [0.2, 0.25) is 5.78 Å². The Morgan fingerprint density at radius 2 is 2.07 bits per heavy atom. The van der Waals surface area contributed by atoms with Crippen molar-refractivity contribution in [3.63, 3.8) is 0 Å². The minimum Gasteiger partial charge on any atom is -0.503 e. The molecule has 1 aromatic heterocycles. The van der Waals surface area contributed by atoms with Gasteiger partial charge in [0.05, 0.1) is 33.8 Å². The first-order valence-electron chi connectivity index (χ1n) is 9.84. The number of hydrogen-bond donors (Lipinski definition) is 1. The average Bonchev–Trinajstić information content (AvgIpc) is 3.16. The van der Waals surface area contributed by atoms with Crippen LogP contribution in [0.25, 0.3) is 0 Å². The highest BCUT2D eigenvalue weighted by atomic mass is 32.1.